The summed E-state index contributed by atoms with van der Waals surface area (Å²) < 4.78 is 5.66. The minimum atomic E-state index is 0.0806. The van der Waals surface area contributed by atoms with Gasteiger partial charge in [0.15, 0.2) is 0 Å². The summed E-state index contributed by atoms with van der Waals surface area (Å²) in [7, 11) is 1.85. The molecule has 20 heavy (non-hydrogen) atoms. The van der Waals surface area contributed by atoms with E-state index in [1.165, 1.54) is 0 Å². The van der Waals surface area contributed by atoms with Crippen LogP contribution in [0.1, 0.15) is 12.5 Å². The zero-order chi connectivity index (χ0) is 14.5. The first-order valence-electron chi connectivity index (χ1n) is 6.08. The fourth-order valence-electron chi connectivity index (χ4n) is 1.88. The lowest BCUT2D eigenvalue weighted by Crippen LogP contribution is -1.99. The van der Waals surface area contributed by atoms with Crippen molar-refractivity contribution in [1.29, 1.82) is 10.5 Å². The van der Waals surface area contributed by atoms with Crippen LogP contribution < -0.4 is 5.32 Å². The monoisotopic (exact) mass is 263 g/mol. The Bertz CT molecular complexity index is 679. The fraction of sp³-hybridized carbons (Fsp3) is 0.125. The van der Waals surface area contributed by atoms with Gasteiger partial charge in [-0.3, -0.25) is 0 Å². The number of hydrogen-bond acceptors (Lipinski definition) is 4. The third-order valence-corrected chi connectivity index (χ3v) is 2.89. The zero-order valence-corrected chi connectivity index (χ0v) is 11.3. The van der Waals surface area contributed by atoms with Crippen LogP contribution in [0, 0.1) is 22.7 Å². The maximum absolute atomic E-state index is 8.95. The van der Waals surface area contributed by atoms with E-state index in [0.29, 0.717) is 17.1 Å². The molecule has 4 heteroatoms. The molecule has 0 saturated heterocycles. The summed E-state index contributed by atoms with van der Waals surface area (Å²) in [6, 6.07) is 11.5. The summed E-state index contributed by atoms with van der Waals surface area (Å²) in [5.41, 5.74) is 2.55. The Morgan fingerprint density at radius 3 is 2.30 bits per heavy atom. The number of allylic oxidation sites excluding steroid dienone is 5. The van der Waals surface area contributed by atoms with Crippen LogP contribution in [-0.4, -0.2) is 7.05 Å². The lowest BCUT2D eigenvalue weighted by atomic mass is 10.0. The van der Waals surface area contributed by atoms with Gasteiger partial charge in [-0.25, -0.2) is 0 Å². The molecule has 1 N–H and O–H groups in total. The van der Waals surface area contributed by atoms with Gasteiger partial charge in [-0.2, -0.15) is 10.5 Å². The molecule has 1 aromatic carbocycles. The standard InChI is InChI=1S/C16H13N3O/c1-11-7-13(14(9-17)10-18)8-16(20-11)12-3-5-15(19-2)6-4-12/h3-8,19H,1-2H3. The topological polar surface area (TPSA) is 68.8 Å². The van der Waals surface area contributed by atoms with Crippen molar-refractivity contribution < 1.29 is 4.74 Å². The summed E-state index contributed by atoms with van der Waals surface area (Å²) >= 11 is 0. The van der Waals surface area contributed by atoms with E-state index in [4.69, 9.17) is 15.3 Å². The lowest BCUT2D eigenvalue weighted by Gasteiger charge is -2.16. The summed E-state index contributed by atoms with van der Waals surface area (Å²) in [6.07, 6.45) is 3.40. The molecule has 0 unspecified atom stereocenters. The Morgan fingerprint density at radius 2 is 1.75 bits per heavy atom. The van der Waals surface area contributed by atoms with Crippen molar-refractivity contribution in [3.63, 3.8) is 0 Å². The van der Waals surface area contributed by atoms with Crippen LogP contribution in [0.4, 0.5) is 5.69 Å². The average Bonchev–Trinajstić information content (AvgIpc) is 2.48. The second kappa shape index (κ2) is 5.77. The van der Waals surface area contributed by atoms with Gasteiger partial charge in [-0.15, -0.1) is 0 Å². The third kappa shape index (κ3) is 2.71. The minimum Gasteiger partial charge on any atom is -0.461 e. The molecular weight excluding hydrogens is 250 g/mol. The molecule has 0 aliphatic carbocycles. The first-order valence-corrected chi connectivity index (χ1v) is 6.08. The van der Waals surface area contributed by atoms with Crippen molar-refractivity contribution in [1.82, 2.24) is 0 Å². The Morgan fingerprint density at radius 1 is 1.10 bits per heavy atom. The second-order valence-corrected chi connectivity index (χ2v) is 4.25. The third-order valence-electron chi connectivity index (χ3n) is 2.89. The van der Waals surface area contributed by atoms with Gasteiger partial charge in [0, 0.05) is 23.9 Å². The zero-order valence-electron chi connectivity index (χ0n) is 11.3. The van der Waals surface area contributed by atoms with E-state index >= 15 is 0 Å². The highest BCUT2D eigenvalue weighted by atomic mass is 16.5. The van der Waals surface area contributed by atoms with E-state index in [1.807, 2.05) is 43.5 Å². The Balaban J connectivity index is 2.45. The molecule has 1 heterocycles. The molecule has 1 aliphatic heterocycles. The normalized spacial score (nSPS) is 13.3. The summed E-state index contributed by atoms with van der Waals surface area (Å²) in [6.45, 7) is 1.79. The first kappa shape index (κ1) is 13.5. The van der Waals surface area contributed by atoms with E-state index in [0.717, 1.165) is 11.3 Å². The van der Waals surface area contributed by atoms with Gasteiger partial charge in [0.05, 0.1) is 0 Å². The maximum Gasteiger partial charge on any atom is 0.137 e. The molecule has 0 fully saturated rings. The van der Waals surface area contributed by atoms with Crippen LogP contribution in [0.5, 0.6) is 0 Å². The number of anilines is 1. The van der Waals surface area contributed by atoms with Gasteiger partial charge in [-0.1, -0.05) is 0 Å². The Kier molecular flexibility index (Phi) is 3.88. The minimum absolute atomic E-state index is 0.0806. The number of benzene rings is 1. The van der Waals surface area contributed by atoms with Crippen LogP contribution >= 0.6 is 0 Å². The van der Waals surface area contributed by atoms with Crippen LogP contribution in [0.15, 0.2) is 53.3 Å². The molecule has 0 radical (unpaired) electrons. The highest BCUT2D eigenvalue weighted by molar-refractivity contribution is 5.70. The van der Waals surface area contributed by atoms with E-state index < -0.39 is 0 Å². The van der Waals surface area contributed by atoms with Crippen molar-refractivity contribution in [3.05, 3.63) is 58.9 Å². The number of nitriles is 2. The van der Waals surface area contributed by atoms with Crippen LogP contribution in [0.2, 0.25) is 0 Å². The quantitative estimate of drug-likeness (QED) is 0.831. The molecule has 0 spiro atoms. The summed E-state index contributed by atoms with van der Waals surface area (Å²) in [4.78, 5) is 0. The van der Waals surface area contributed by atoms with Gasteiger partial charge >= 0.3 is 0 Å². The van der Waals surface area contributed by atoms with Gasteiger partial charge in [0.1, 0.15) is 29.2 Å². The molecule has 0 amide bonds. The number of rotatable bonds is 2. The van der Waals surface area contributed by atoms with Crippen LogP contribution in [0.25, 0.3) is 5.76 Å². The lowest BCUT2D eigenvalue weighted by molar-refractivity contribution is 0.380. The van der Waals surface area contributed by atoms with Crippen molar-refractivity contribution in [2.75, 3.05) is 12.4 Å². The van der Waals surface area contributed by atoms with Crippen molar-refractivity contribution in [2.45, 2.75) is 6.92 Å². The molecule has 98 valence electrons. The molecule has 0 bridgehead atoms. The predicted molar refractivity (Wildman–Crippen MR) is 77.1 cm³/mol. The van der Waals surface area contributed by atoms with Crippen molar-refractivity contribution in [3.8, 4) is 12.1 Å². The smallest absolute Gasteiger partial charge is 0.137 e. The average molecular weight is 263 g/mol. The molecular formula is C16H13N3O. The SMILES string of the molecule is CNc1ccc(C2=CC(=C(C#N)C#N)C=C(C)O2)cc1. The second-order valence-electron chi connectivity index (χ2n) is 4.25. The maximum atomic E-state index is 8.95. The molecule has 2 rings (SSSR count). The van der Waals surface area contributed by atoms with Crippen LogP contribution in [-0.2, 0) is 4.74 Å². The molecule has 4 nitrogen and oxygen atoms in total. The highest BCUT2D eigenvalue weighted by Gasteiger charge is 2.13. The van der Waals surface area contributed by atoms with Crippen molar-refractivity contribution >= 4 is 11.4 Å². The number of nitrogens with zero attached hydrogens (tertiary/aromatic N) is 2. The Labute approximate surface area is 117 Å². The molecule has 0 aromatic heterocycles. The van der Waals surface area contributed by atoms with Gasteiger partial charge in [0.2, 0.25) is 0 Å². The molecule has 1 aromatic rings. The van der Waals surface area contributed by atoms with Crippen molar-refractivity contribution in [2.24, 2.45) is 0 Å². The fourth-order valence-corrected chi connectivity index (χ4v) is 1.88. The number of nitrogens with one attached hydrogen (secondary N) is 1. The Hall–Kier alpha value is -2.98. The van der Waals surface area contributed by atoms with Gasteiger partial charge in [-0.05, 0) is 43.3 Å². The van der Waals surface area contributed by atoms with Crippen LogP contribution in [0.3, 0.4) is 0 Å². The predicted octanol–water partition coefficient (Wildman–Crippen LogP) is 3.35. The van der Waals surface area contributed by atoms with Gasteiger partial charge < -0.3 is 10.1 Å². The number of hydrogen-bond donors (Lipinski definition) is 1. The van der Waals surface area contributed by atoms with E-state index in [-0.39, 0.29) is 5.57 Å². The summed E-state index contributed by atoms with van der Waals surface area (Å²) in [5.74, 6) is 1.28. The summed E-state index contributed by atoms with van der Waals surface area (Å²) in [5, 5.41) is 20.9. The largest absolute Gasteiger partial charge is 0.461 e. The highest BCUT2D eigenvalue weighted by Crippen LogP contribution is 2.28. The van der Waals surface area contributed by atoms with Gasteiger partial charge in [0.25, 0.3) is 0 Å². The van der Waals surface area contributed by atoms with E-state index in [1.54, 1.807) is 19.1 Å². The first-order chi connectivity index (χ1) is 9.67. The molecule has 1 aliphatic rings. The van der Waals surface area contributed by atoms with E-state index in [9.17, 15) is 0 Å². The molecule has 0 atom stereocenters. The molecule has 0 saturated carbocycles. The van der Waals surface area contributed by atoms with E-state index in [2.05, 4.69) is 5.32 Å². The number of ether oxygens (including phenoxy) is 1.